The monoisotopic (exact) mass is 163 g/mol. The molecule has 0 saturated carbocycles. The summed E-state index contributed by atoms with van der Waals surface area (Å²) in [6.45, 7) is 1.59. The van der Waals surface area contributed by atoms with Crippen molar-refractivity contribution in [3.63, 3.8) is 0 Å². The van der Waals surface area contributed by atoms with Gasteiger partial charge in [0.2, 0.25) is 0 Å². The Balaban J connectivity index is 2.47. The first-order valence-electron chi connectivity index (χ1n) is 3.53. The van der Waals surface area contributed by atoms with Crippen molar-refractivity contribution in [1.29, 1.82) is 0 Å². The maximum atomic E-state index is 11.1. The molecule has 0 aromatic carbocycles. The van der Waals surface area contributed by atoms with E-state index in [4.69, 9.17) is 11.0 Å². The Morgan fingerprint density at radius 2 is 1.60 bits per heavy atom. The Morgan fingerprint density at radius 1 is 1.10 bits per heavy atom. The second kappa shape index (κ2) is 3.01. The topological polar surface area (TPSA) is 72.3 Å². The molecule has 60 valence electrons. The van der Waals surface area contributed by atoms with Gasteiger partial charge >= 0.3 is 0 Å². The maximum absolute atomic E-state index is 11.1. The van der Waals surface area contributed by atoms with Crippen molar-refractivity contribution in [2.45, 2.75) is 19.3 Å². The van der Waals surface area contributed by atoms with Crippen LogP contribution in [0.2, 0.25) is 0 Å². The van der Waals surface area contributed by atoms with E-state index in [-0.39, 0.29) is 0 Å². The molecule has 5 heteroatoms. The first-order valence-corrected chi connectivity index (χ1v) is 5.33. The van der Waals surface area contributed by atoms with Gasteiger partial charge in [0.15, 0.2) is 0 Å². The molecule has 1 aliphatic rings. The number of rotatable bonds is 1. The Kier molecular flexibility index (Phi) is 2.47. The van der Waals surface area contributed by atoms with E-state index in [1.165, 1.54) is 6.42 Å². The third-order valence-corrected chi connectivity index (χ3v) is 3.06. The van der Waals surface area contributed by atoms with Crippen LogP contribution in [-0.4, -0.2) is 17.8 Å². The highest BCUT2D eigenvalue weighted by Crippen LogP contribution is 2.33. The number of nitrogens with zero attached hydrogens (tertiary/aromatic N) is 1. The van der Waals surface area contributed by atoms with E-state index >= 15 is 0 Å². The molecule has 0 amide bonds. The second-order valence-corrected chi connectivity index (χ2v) is 4.60. The molecular weight excluding hydrogens is 149 g/mol. The SMILES string of the molecule is NP(N)(=O)N1CCCCC1. The highest BCUT2D eigenvalue weighted by Gasteiger charge is 2.22. The van der Waals surface area contributed by atoms with E-state index in [1.54, 1.807) is 4.67 Å². The summed E-state index contributed by atoms with van der Waals surface area (Å²) >= 11 is 0. The van der Waals surface area contributed by atoms with Crippen LogP contribution in [0.5, 0.6) is 0 Å². The van der Waals surface area contributed by atoms with Crippen LogP contribution in [0.4, 0.5) is 0 Å². The minimum atomic E-state index is -2.91. The lowest BCUT2D eigenvalue weighted by atomic mass is 10.2. The molecule has 0 aromatic rings. The number of hydrogen-bond acceptors (Lipinski definition) is 1. The van der Waals surface area contributed by atoms with Crippen molar-refractivity contribution in [1.82, 2.24) is 4.67 Å². The fraction of sp³-hybridized carbons (Fsp3) is 1.00. The largest absolute Gasteiger partial charge is 0.276 e. The smallest absolute Gasteiger partial charge is 0.271 e. The van der Waals surface area contributed by atoms with Gasteiger partial charge in [-0.1, -0.05) is 6.42 Å². The van der Waals surface area contributed by atoms with Crippen molar-refractivity contribution in [2.75, 3.05) is 13.1 Å². The molecule has 0 aromatic heterocycles. The van der Waals surface area contributed by atoms with Gasteiger partial charge < -0.3 is 0 Å². The highest BCUT2D eigenvalue weighted by atomic mass is 31.2. The first-order chi connectivity index (χ1) is 4.61. The predicted molar refractivity (Wildman–Crippen MR) is 41.4 cm³/mol. The zero-order valence-electron chi connectivity index (χ0n) is 5.99. The Bertz CT molecular complexity index is 149. The zero-order valence-corrected chi connectivity index (χ0v) is 6.89. The van der Waals surface area contributed by atoms with Gasteiger partial charge in [-0.2, -0.15) is 0 Å². The predicted octanol–water partition coefficient (Wildman–Crippen LogP) is 0.498. The van der Waals surface area contributed by atoms with Gasteiger partial charge in [-0.3, -0.25) is 15.6 Å². The van der Waals surface area contributed by atoms with Crippen molar-refractivity contribution >= 4 is 7.59 Å². The van der Waals surface area contributed by atoms with E-state index in [1.807, 2.05) is 0 Å². The summed E-state index contributed by atoms with van der Waals surface area (Å²) in [5.41, 5.74) is 10.5. The van der Waals surface area contributed by atoms with Crippen molar-refractivity contribution in [3.05, 3.63) is 0 Å². The second-order valence-electron chi connectivity index (χ2n) is 2.69. The minimum Gasteiger partial charge on any atom is -0.271 e. The molecule has 1 saturated heterocycles. The van der Waals surface area contributed by atoms with Crippen LogP contribution in [0.3, 0.4) is 0 Å². The van der Waals surface area contributed by atoms with E-state index in [0.717, 1.165) is 25.9 Å². The molecule has 1 fully saturated rings. The number of piperidine rings is 1. The van der Waals surface area contributed by atoms with Crippen LogP contribution < -0.4 is 11.0 Å². The van der Waals surface area contributed by atoms with Gasteiger partial charge in [0.25, 0.3) is 7.59 Å². The van der Waals surface area contributed by atoms with Gasteiger partial charge in [-0.15, -0.1) is 0 Å². The summed E-state index contributed by atoms with van der Waals surface area (Å²) in [6.07, 6.45) is 3.34. The average Bonchev–Trinajstić information content (AvgIpc) is 1.88. The molecule has 0 unspecified atom stereocenters. The molecule has 1 aliphatic heterocycles. The molecule has 0 spiro atoms. The fourth-order valence-corrected chi connectivity index (χ4v) is 2.10. The summed E-state index contributed by atoms with van der Waals surface area (Å²) in [5, 5.41) is 0. The third kappa shape index (κ3) is 2.06. The highest BCUT2D eigenvalue weighted by molar-refractivity contribution is 7.56. The number of hydrogen-bond donors (Lipinski definition) is 2. The summed E-state index contributed by atoms with van der Waals surface area (Å²) in [5.74, 6) is 0. The Morgan fingerprint density at radius 3 is 1.90 bits per heavy atom. The molecule has 0 radical (unpaired) electrons. The molecular formula is C5H14N3OP. The summed E-state index contributed by atoms with van der Waals surface area (Å²) in [7, 11) is -2.91. The van der Waals surface area contributed by atoms with Crippen molar-refractivity contribution < 1.29 is 4.57 Å². The molecule has 4 N–H and O–H groups in total. The molecule has 0 bridgehead atoms. The lowest BCUT2D eigenvalue weighted by Gasteiger charge is -2.28. The van der Waals surface area contributed by atoms with Gasteiger partial charge in [0, 0.05) is 13.1 Å². The third-order valence-electron chi connectivity index (χ3n) is 1.77. The average molecular weight is 163 g/mol. The van der Waals surface area contributed by atoms with Gasteiger partial charge in [0.1, 0.15) is 0 Å². The van der Waals surface area contributed by atoms with Gasteiger partial charge in [-0.05, 0) is 12.8 Å². The summed E-state index contributed by atoms with van der Waals surface area (Å²) in [6, 6.07) is 0. The van der Waals surface area contributed by atoms with Crippen LogP contribution in [0, 0.1) is 0 Å². The van der Waals surface area contributed by atoms with Crippen molar-refractivity contribution in [3.8, 4) is 0 Å². The summed E-state index contributed by atoms with van der Waals surface area (Å²) in [4.78, 5) is 0. The fourth-order valence-electron chi connectivity index (χ4n) is 1.19. The zero-order chi connectivity index (χ0) is 7.61. The summed E-state index contributed by atoms with van der Waals surface area (Å²) < 4.78 is 12.7. The molecule has 1 heterocycles. The van der Waals surface area contributed by atoms with Gasteiger partial charge in [0.05, 0.1) is 0 Å². The van der Waals surface area contributed by atoms with Crippen LogP contribution >= 0.6 is 7.59 Å². The molecule has 0 aliphatic carbocycles. The van der Waals surface area contributed by atoms with Crippen LogP contribution in [-0.2, 0) is 4.57 Å². The van der Waals surface area contributed by atoms with Crippen LogP contribution in [0.1, 0.15) is 19.3 Å². The standard InChI is InChI=1S/C5H14N3OP/c6-10(7,9)8-4-2-1-3-5-8/h1-5H2,(H4,6,7,9). The van der Waals surface area contributed by atoms with E-state index in [9.17, 15) is 4.57 Å². The van der Waals surface area contributed by atoms with E-state index in [2.05, 4.69) is 0 Å². The Hall–Kier alpha value is 0.110. The maximum Gasteiger partial charge on any atom is 0.276 e. The first kappa shape index (κ1) is 8.21. The molecule has 10 heavy (non-hydrogen) atoms. The normalized spacial score (nSPS) is 23.0. The quantitative estimate of drug-likeness (QED) is 0.552. The lowest BCUT2D eigenvalue weighted by Crippen LogP contribution is -2.33. The van der Waals surface area contributed by atoms with Gasteiger partial charge in [-0.25, -0.2) is 4.67 Å². The van der Waals surface area contributed by atoms with Crippen LogP contribution in [0.25, 0.3) is 0 Å². The molecule has 4 nitrogen and oxygen atoms in total. The van der Waals surface area contributed by atoms with Crippen molar-refractivity contribution in [2.24, 2.45) is 11.0 Å². The van der Waals surface area contributed by atoms with E-state index in [0.29, 0.717) is 0 Å². The minimum absolute atomic E-state index is 0.796. The van der Waals surface area contributed by atoms with Crippen LogP contribution in [0.15, 0.2) is 0 Å². The lowest BCUT2D eigenvalue weighted by molar-refractivity contribution is 0.344. The Labute approximate surface area is 61.1 Å². The molecule has 0 atom stereocenters. The number of nitrogens with two attached hydrogens (primary N) is 2. The molecule has 1 rings (SSSR count). The van der Waals surface area contributed by atoms with E-state index < -0.39 is 7.59 Å².